The molecule has 0 atom stereocenters. The minimum absolute atomic E-state index is 0.152. The van der Waals surface area contributed by atoms with E-state index in [1.807, 2.05) is 54.9 Å². The highest BCUT2D eigenvalue weighted by atomic mass is 19.1. The van der Waals surface area contributed by atoms with Gasteiger partial charge in [0.1, 0.15) is 40.1 Å². The maximum absolute atomic E-state index is 13.8. The molecule has 9 nitrogen and oxygen atoms in total. The fraction of sp³-hybridized carbons (Fsp3) is 0.306. The molecular formula is C36H38FN5O4. The van der Waals surface area contributed by atoms with Crippen LogP contribution in [0, 0.1) is 5.82 Å². The van der Waals surface area contributed by atoms with Gasteiger partial charge in [-0.05, 0) is 48.7 Å². The number of carbonyl (C=O) groups is 1. The van der Waals surface area contributed by atoms with Crippen LogP contribution in [0.15, 0.2) is 73.1 Å². The Bertz CT molecular complexity index is 1830. The summed E-state index contributed by atoms with van der Waals surface area (Å²) in [4.78, 5) is 22.8. The molecule has 10 heteroatoms. The van der Waals surface area contributed by atoms with Crippen molar-refractivity contribution >= 4 is 17.2 Å². The van der Waals surface area contributed by atoms with Crippen LogP contribution < -0.4 is 24.8 Å². The number of carbonyl (C=O) groups excluding carboxylic acids is 1. The normalized spacial score (nSPS) is 13.4. The number of fused-ring (bicyclic) bond motifs is 1. The van der Waals surface area contributed by atoms with E-state index >= 15 is 0 Å². The van der Waals surface area contributed by atoms with E-state index in [-0.39, 0.29) is 12.1 Å². The lowest BCUT2D eigenvalue weighted by molar-refractivity contribution is 0.0947. The molecule has 0 radical (unpaired) electrons. The third-order valence-electron chi connectivity index (χ3n) is 8.58. The van der Waals surface area contributed by atoms with Gasteiger partial charge in [0.25, 0.3) is 5.91 Å². The molecule has 0 aliphatic heterocycles. The molecule has 46 heavy (non-hydrogen) atoms. The van der Waals surface area contributed by atoms with Crippen molar-refractivity contribution in [2.45, 2.75) is 51.1 Å². The van der Waals surface area contributed by atoms with Crippen molar-refractivity contribution in [1.29, 1.82) is 0 Å². The van der Waals surface area contributed by atoms with E-state index in [0.29, 0.717) is 18.2 Å². The Labute approximate surface area is 267 Å². The first-order valence-corrected chi connectivity index (χ1v) is 15.5. The lowest BCUT2D eigenvalue weighted by Gasteiger charge is -2.20. The molecule has 3 aromatic carbocycles. The topological polar surface area (TPSA) is 99.0 Å². The molecule has 1 amide bonds. The quantitative estimate of drug-likeness (QED) is 0.161. The SMILES string of the molecule is COc1ccc(CNc2nccn3c(C4CCCCC4)nc(-c4ccc(CNC(=O)c5cc(F)ccc5OC)cc4)c23)c(OC)c1. The molecule has 0 unspecified atom stereocenters. The molecule has 0 saturated heterocycles. The fourth-order valence-corrected chi connectivity index (χ4v) is 6.13. The number of methoxy groups -OCH3 is 3. The monoisotopic (exact) mass is 623 g/mol. The maximum Gasteiger partial charge on any atom is 0.255 e. The van der Waals surface area contributed by atoms with E-state index in [9.17, 15) is 9.18 Å². The highest BCUT2D eigenvalue weighted by molar-refractivity contribution is 5.97. The number of anilines is 1. The van der Waals surface area contributed by atoms with Gasteiger partial charge in [0.05, 0.1) is 26.9 Å². The van der Waals surface area contributed by atoms with Crippen molar-refractivity contribution < 1.29 is 23.4 Å². The Kier molecular flexibility index (Phi) is 9.33. The Balaban J connectivity index is 1.29. The van der Waals surface area contributed by atoms with E-state index < -0.39 is 11.7 Å². The van der Waals surface area contributed by atoms with E-state index in [1.54, 1.807) is 14.2 Å². The number of hydrogen-bond donors (Lipinski definition) is 2. The Morgan fingerprint density at radius 1 is 0.913 bits per heavy atom. The molecule has 1 aliphatic rings. The zero-order valence-electron chi connectivity index (χ0n) is 26.3. The van der Waals surface area contributed by atoms with E-state index in [0.717, 1.165) is 63.9 Å². The molecule has 5 aromatic rings. The number of amides is 1. The van der Waals surface area contributed by atoms with Crippen molar-refractivity contribution in [1.82, 2.24) is 19.7 Å². The number of imidazole rings is 1. The lowest BCUT2D eigenvalue weighted by Crippen LogP contribution is -2.23. The van der Waals surface area contributed by atoms with Crippen molar-refractivity contribution in [2.75, 3.05) is 26.6 Å². The maximum atomic E-state index is 13.8. The van der Waals surface area contributed by atoms with Crippen LogP contribution in [0.5, 0.6) is 17.2 Å². The van der Waals surface area contributed by atoms with E-state index in [4.69, 9.17) is 24.2 Å². The standard InChI is InChI=1S/C36H38FN5O4/c1-44-28-15-13-26(31(20-28)46-3)22-39-34-33-32(41-35(42(33)18-17-38-34)25-7-5-4-6-8-25)24-11-9-23(10-12-24)21-40-36(43)29-19-27(37)14-16-30(29)45-2/h9-20,25H,4-8,21-22H2,1-3H3,(H,38,39)(H,40,43). The number of hydrogen-bond acceptors (Lipinski definition) is 7. The van der Waals surface area contributed by atoms with Crippen LogP contribution in [0.2, 0.25) is 0 Å². The largest absolute Gasteiger partial charge is 0.497 e. The molecule has 1 fully saturated rings. The number of nitrogens with one attached hydrogen (secondary N) is 2. The summed E-state index contributed by atoms with van der Waals surface area (Å²) in [7, 11) is 4.74. The van der Waals surface area contributed by atoms with Crippen LogP contribution in [0.25, 0.3) is 16.8 Å². The van der Waals surface area contributed by atoms with Gasteiger partial charge in [-0.3, -0.25) is 9.20 Å². The van der Waals surface area contributed by atoms with Gasteiger partial charge in [0.2, 0.25) is 0 Å². The second-order valence-electron chi connectivity index (χ2n) is 11.4. The Hall–Kier alpha value is -5.12. The second kappa shape index (κ2) is 13.9. The number of benzene rings is 3. The first-order chi connectivity index (χ1) is 22.5. The highest BCUT2D eigenvalue weighted by Crippen LogP contribution is 2.37. The summed E-state index contributed by atoms with van der Waals surface area (Å²) in [5.41, 5.74) is 4.72. The summed E-state index contributed by atoms with van der Waals surface area (Å²) in [5, 5.41) is 6.41. The van der Waals surface area contributed by atoms with Crippen LogP contribution >= 0.6 is 0 Å². The average Bonchev–Trinajstić information content (AvgIpc) is 3.50. The predicted molar refractivity (Wildman–Crippen MR) is 175 cm³/mol. The molecular weight excluding hydrogens is 585 g/mol. The first-order valence-electron chi connectivity index (χ1n) is 15.5. The van der Waals surface area contributed by atoms with Crippen LogP contribution in [-0.2, 0) is 13.1 Å². The molecule has 0 spiro atoms. The number of aromatic nitrogens is 3. The van der Waals surface area contributed by atoms with Crippen molar-refractivity contribution in [3.05, 3.63) is 101 Å². The summed E-state index contributed by atoms with van der Waals surface area (Å²) < 4.78 is 32.2. The molecule has 2 aromatic heterocycles. The number of rotatable bonds is 11. The number of ether oxygens (including phenoxy) is 3. The van der Waals surface area contributed by atoms with Gasteiger partial charge in [0, 0.05) is 48.6 Å². The van der Waals surface area contributed by atoms with Gasteiger partial charge in [-0.2, -0.15) is 0 Å². The lowest BCUT2D eigenvalue weighted by atomic mass is 9.89. The van der Waals surface area contributed by atoms with Crippen molar-refractivity contribution in [3.8, 4) is 28.5 Å². The van der Waals surface area contributed by atoms with Gasteiger partial charge in [-0.1, -0.05) is 43.5 Å². The highest BCUT2D eigenvalue weighted by Gasteiger charge is 2.25. The smallest absolute Gasteiger partial charge is 0.255 e. The molecule has 1 aliphatic carbocycles. The first kappa shape index (κ1) is 30.9. The Morgan fingerprint density at radius 2 is 1.70 bits per heavy atom. The second-order valence-corrected chi connectivity index (χ2v) is 11.4. The van der Waals surface area contributed by atoms with Crippen LogP contribution in [0.1, 0.15) is 65.3 Å². The molecule has 238 valence electrons. The molecule has 6 rings (SSSR count). The molecule has 2 heterocycles. The third-order valence-corrected chi connectivity index (χ3v) is 8.58. The summed E-state index contributed by atoms with van der Waals surface area (Å²) in [6.45, 7) is 0.770. The average molecular weight is 624 g/mol. The van der Waals surface area contributed by atoms with Crippen LogP contribution in [-0.4, -0.2) is 41.6 Å². The Morgan fingerprint density at radius 3 is 2.43 bits per heavy atom. The molecule has 2 N–H and O–H groups in total. The van der Waals surface area contributed by atoms with E-state index in [1.165, 1.54) is 44.6 Å². The van der Waals surface area contributed by atoms with Crippen molar-refractivity contribution in [3.63, 3.8) is 0 Å². The zero-order valence-corrected chi connectivity index (χ0v) is 26.3. The summed E-state index contributed by atoms with van der Waals surface area (Å²) >= 11 is 0. The van der Waals surface area contributed by atoms with Gasteiger partial charge < -0.3 is 24.8 Å². The summed E-state index contributed by atoms with van der Waals surface area (Å²) in [6, 6.07) is 17.6. The van der Waals surface area contributed by atoms with Gasteiger partial charge in [-0.25, -0.2) is 14.4 Å². The van der Waals surface area contributed by atoms with Gasteiger partial charge in [-0.15, -0.1) is 0 Å². The molecule has 1 saturated carbocycles. The summed E-state index contributed by atoms with van der Waals surface area (Å²) in [6.07, 6.45) is 9.70. The van der Waals surface area contributed by atoms with E-state index in [2.05, 4.69) is 15.0 Å². The number of nitrogens with zero attached hydrogens (tertiary/aromatic N) is 3. The van der Waals surface area contributed by atoms with Crippen molar-refractivity contribution in [2.24, 2.45) is 0 Å². The third kappa shape index (κ3) is 6.47. The summed E-state index contributed by atoms with van der Waals surface area (Å²) in [5.74, 6) is 3.03. The van der Waals surface area contributed by atoms with Crippen LogP contribution in [0.3, 0.4) is 0 Å². The van der Waals surface area contributed by atoms with Gasteiger partial charge >= 0.3 is 0 Å². The number of halogens is 1. The zero-order chi connectivity index (χ0) is 32.0. The van der Waals surface area contributed by atoms with Gasteiger partial charge in [0.15, 0.2) is 5.82 Å². The fourth-order valence-electron chi connectivity index (χ4n) is 6.13. The minimum atomic E-state index is -0.498. The van der Waals surface area contributed by atoms with Crippen LogP contribution in [0.4, 0.5) is 10.2 Å². The molecule has 0 bridgehead atoms. The predicted octanol–water partition coefficient (Wildman–Crippen LogP) is 7.15. The minimum Gasteiger partial charge on any atom is -0.497 e.